The summed E-state index contributed by atoms with van der Waals surface area (Å²) in [5, 5.41) is 9.97. The first-order chi connectivity index (χ1) is 10.1. The van der Waals surface area contributed by atoms with Gasteiger partial charge in [0.25, 0.3) is 0 Å². The summed E-state index contributed by atoms with van der Waals surface area (Å²) in [6, 6.07) is 9.69. The summed E-state index contributed by atoms with van der Waals surface area (Å²) in [5.74, 6) is 1.29. The molecule has 0 unspecified atom stereocenters. The molecule has 108 valence electrons. The Bertz CT molecular complexity index is 811. The summed E-state index contributed by atoms with van der Waals surface area (Å²) in [6.45, 7) is 4.41. The van der Waals surface area contributed by atoms with E-state index >= 15 is 0 Å². The van der Waals surface area contributed by atoms with Crippen molar-refractivity contribution in [2.75, 3.05) is 6.61 Å². The highest BCUT2D eigenvalue weighted by atomic mass is 79.9. The van der Waals surface area contributed by atoms with Gasteiger partial charge in [-0.2, -0.15) is 0 Å². The lowest BCUT2D eigenvalue weighted by Gasteiger charge is -2.09. The molecule has 0 fully saturated rings. The van der Waals surface area contributed by atoms with Crippen LogP contribution >= 0.6 is 15.9 Å². The van der Waals surface area contributed by atoms with E-state index in [2.05, 4.69) is 32.0 Å². The highest BCUT2D eigenvalue weighted by molar-refractivity contribution is 9.10. The van der Waals surface area contributed by atoms with E-state index < -0.39 is 0 Å². The van der Waals surface area contributed by atoms with Gasteiger partial charge in [0.1, 0.15) is 5.82 Å². The van der Waals surface area contributed by atoms with E-state index in [-0.39, 0.29) is 5.75 Å². The number of H-pyrrole nitrogens is 1. The summed E-state index contributed by atoms with van der Waals surface area (Å²) in [5.41, 5.74) is 3.95. The molecule has 2 N–H and O–H groups in total. The van der Waals surface area contributed by atoms with Gasteiger partial charge in [-0.15, -0.1) is 0 Å². The third kappa shape index (κ3) is 2.61. The van der Waals surface area contributed by atoms with Crippen LogP contribution in [0.3, 0.4) is 0 Å². The number of hydrogen-bond acceptors (Lipinski definition) is 3. The topological polar surface area (TPSA) is 58.1 Å². The fourth-order valence-electron chi connectivity index (χ4n) is 2.24. The third-order valence-electron chi connectivity index (χ3n) is 3.24. The summed E-state index contributed by atoms with van der Waals surface area (Å²) < 4.78 is 6.03. The van der Waals surface area contributed by atoms with Crippen LogP contribution in [0.25, 0.3) is 22.4 Å². The Labute approximate surface area is 130 Å². The molecule has 0 bridgehead atoms. The zero-order valence-electron chi connectivity index (χ0n) is 11.8. The number of imidazole rings is 1. The number of phenolic OH excluding ortho intramolecular Hbond substituents is 1. The molecule has 0 aliphatic rings. The summed E-state index contributed by atoms with van der Waals surface area (Å²) >= 11 is 3.35. The Kier molecular flexibility index (Phi) is 3.59. The number of hydrogen-bond donors (Lipinski definition) is 2. The maximum atomic E-state index is 9.97. The van der Waals surface area contributed by atoms with Crippen molar-refractivity contribution in [3.63, 3.8) is 0 Å². The quantitative estimate of drug-likeness (QED) is 0.738. The van der Waals surface area contributed by atoms with Crippen LogP contribution in [0, 0.1) is 6.92 Å². The van der Waals surface area contributed by atoms with Gasteiger partial charge < -0.3 is 14.8 Å². The predicted molar refractivity (Wildman–Crippen MR) is 86.8 cm³/mol. The van der Waals surface area contributed by atoms with Gasteiger partial charge >= 0.3 is 0 Å². The number of aryl methyl sites for hydroxylation is 1. The van der Waals surface area contributed by atoms with Crippen LogP contribution < -0.4 is 4.74 Å². The second-order valence-corrected chi connectivity index (χ2v) is 5.70. The molecule has 4 nitrogen and oxygen atoms in total. The standard InChI is InChI=1S/C16H15BrN2O2/c1-3-21-14-8-10(7-11(17)15(14)20)16-18-12-5-4-9(2)6-13(12)19-16/h4-8,20H,3H2,1-2H3,(H,18,19). The van der Waals surface area contributed by atoms with Crippen LogP contribution in [0.15, 0.2) is 34.8 Å². The Morgan fingerprint density at radius 3 is 2.86 bits per heavy atom. The molecule has 0 aliphatic carbocycles. The molecule has 0 aliphatic heterocycles. The summed E-state index contributed by atoms with van der Waals surface area (Å²) in [4.78, 5) is 7.88. The van der Waals surface area contributed by atoms with E-state index in [1.807, 2.05) is 32.0 Å². The van der Waals surface area contributed by atoms with Crippen LogP contribution in [-0.2, 0) is 0 Å². The average molecular weight is 347 g/mol. The molecule has 0 radical (unpaired) electrons. The highest BCUT2D eigenvalue weighted by Crippen LogP contribution is 2.38. The fourth-order valence-corrected chi connectivity index (χ4v) is 2.68. The van der Waals surface area contributed by atoms with Crippen molar-refractivity contribution in [2.45, 2.75) is 13.8 Å². The van der Waals surface area contributed by atoms with Crippen molar-refractivity contribution in [3.05, 3.63) is 40.4 Å². The maximum Gasteiger partial charge on any atom is 0.172 e. The minimum atomic E-state index is 0.104. The molecular weight excluding hydrogens is 332 g/mol. The number of aromatic amines is 1. The highest BCUT2D eigenvalue weighted by Gasteiger charge is 2.13. The Morgan fingerprint density at radius 1 is 1.29 bits per heavy atom. The molecule has 2 aromatic carbocycles. The van der Waals surface area contributed by atoms with Gasteiger partial charge in [-0.1, -0.05) is 6.07 Å². The summed E-state index contributed by atoms with van der Waals surface area (Å²) in [7, 11) is 0. The van der Waals surface area contributed by atoms with Crippen LogP contribution in [0.2, 0.25) is 0 Å². The summed E-state index contributed by atoms with van der Waals surface area (Å²) in [6.07, 6.45) is 0. The SMILES string of the molecule is CCOc1cc(-c2nc3ccc(C)cc3[nH]2)cc(Br)c1O. The van der Waals surface area contributed by atoms with E-state index in [1.54, 1.807) is 6.07 Å². The van der Waals surface area contributed by atoms with Gasteiger partial charge in [-0.3, -0.25) is 0 Å². The molecule has 0 saturated heterocycles. The van der Waals surface area contributed by atoms with Gasteiger partial charge in [0.05, 0.1) is 22.1 Å². The second kappa shape index (κ2) is 5.41. The molecule has 1 heterocycles. The molecule has 5 heteroatoms. The molecule has 0 saturated carbocycles. The molecule has 3 aromatic rings. The van der Waals surface area contributed by atoms with Crippen LogP contribution in [-0.4, -0.2) is 21.7 Å². The molecule has 3 rings (SSSR count). The molecule has 1 aromatic heterocycles. The van der Waals surface area contributed by atoms with Crippen LogP contribution in [0.4, 0.5) is 0 Å². The molecule has 0 spiro atoms. The van der Waals surface area contributed by atoms with E-state index in [4.69, 9.17) is 4.74 Å². The zero-order chi connectivity index (χ0) is 15.0. The smallest absolute Gasteiger partial charge is 0.172 e. The first-order valence-electron chi connectivity index (χ1n) is 6.70. The molecule has 0 amide bonds. The predicted octanol–water partition coefficient (Wildman–Crippen LogP) is 4.41. The van der Waals surface area contributed by atoms with Crippen molar-refractivity contribution in [3.8, 4) is 22.9 Å². The Hall–Kier alpha value is -2.01. The number of benzene rings is 2. The minimum Gasteiger partial charge on any atom is -0.503 e. The number of aromatic hydroxyl groups is 1. The number of fused-ring (bicyclic) bond motifs is 1. The van der Waals surface area contributed by atoms with Gasteiger partial charge in [-0.05, 0) is 59.6 Å². The molecular formula is C16H15BrN2O2. The lowest BCUT2D eigenvalue weighted by Crippen LogP contribution is -1.93. The number of phenols is 1. The Balaban J connectivity index is 2.13. The van der Waals surface area contributed by atoms with Crippen LogP contribution in [0.1, 0.15) is 12.5 Å². The van der Waals surface area contributed by atoms with E-state index in [0.717, 1.165) is 22.4 Å². The lowest BCUT2D eigenvalue weighted by molar-refractivity contribution is 0.317. The zero-order valence-corrected chi connectivity index (χ0v) is 13.4. The van der Waals surface area contributed by atoms with Crippen molar-refractivity contribution >= 4 is 27.0 Å². The van der Waals surface area contributed by atoms with E-state index in [9.17, 15) is 5.11 Å². The van der Waals surface area contributed by atoms with Crippen molar-refractivity contribution < 1.29 is 9.84 Å². The largest absolute Gasteiger partial charge is 0.503 e. The number of halogens is 1. The first-order valence-corrected chi connectivity index (χ1v) is 7.50. The maximum absolute atomic E-state index is 9.97. The van der Waals surface area contributed by atoms with E-state index in [1.165, 1.54) is 5.56 Å². The van der Waals surface area contributed by atoms with E-state index in [0.29, 0.717) is 16.8 Å². The van der Waals surface area contributed by atoms with Gasteiger partial charge in [-0.25, -0.2) is 4.98 Å². The minimum absolute atomic E-state index is 0.104. The van der Waals surface area contributed by atoms with Gasteiger partial charge in [0.2, 0.25) is 0 Å². The number of ether oxygens (including phenoxy) is 1. The van der Waals surface area contributed by atoms with Crippen molar-refractivity contribution in [2.24, 2.45) is 0 Å². The fraction of sp³-hybridized carbons (Fsp3) is 0.188. The van der Waals surface area contributed by atoms with Crippen molar-refractivity contribution in [1.82, 2.24) is 9.97 Å². The van der Waals surface area contributed by atoms with Gasteiger partial charge in [0, 0.05) is 5.56 Å². The number of nitrogens with zero attached hydrogens (tertiary/aromatic N) is 1. The second-order valence-electron chi connectivity index (χ2n) is 4.84. The normalized spacial score (nSPS) is 11.0. The third-order valence-corrected chi connectivity index (χ3v) is 3.84. The first kappa shape index (κ1) is 13.9. The number of aromatic nitrogens is 2. The molecule has 21 heavy (non-hydrogen) atoms. The van der Waals surface area contributed by atoms with Crippen molar-refractivity contribution in [1.29, 1.82) is 0 Å². The monoisotopic (exact) mass is 346 g/mol. The average Bonchev–Trinajstić information content (AvgIpc) is 2.86. The Morgan fingerprint density at radius 2 is 2.10 bits per heavy atom. The van der Waals surface area contributed by atoms with Crippen LogP contribution in [0.5, 0.6) is 11.5 Å². The lowest BCUT2D eigenvalue weighted by atomic mass is 10.2. The number of rotatable bonds is 3. The molecule has 0 atom stereocenters. The number of nitrogens with one attached hydrogen (secondary N) is 1. The van der Waals surface area contributed by atoms with Gasteiger partial charge in [0.15, 0.2) is 11.5 Å².